The lowest BCUT2D eigenvalue weighted by Gasteiger charge is -2.30. The van der Waals surface area contributed by atoms with Crippen LogP contribution in [0.15, 0.2) is 54.7 Å². The van der Waals surface area contributed by atoms with Crippen molar-refractivity contribution in [2.75, 3.05) is 20.2 Å². The number of carbonyl (C=O) groups is 1. The predicted octanol–water partition coefficient (Wildman–Crippen LogP) is 4.59. The van der Waals surface area contributed by atoms with E-state index >= 15 is 0 Å². The highest BCUT2D eigenvalue weighted by atomic mass is 19.4. The van der Waals surface area contributed by atoms with Crippen LogP contribution in [0.1, 0.15) is 28.4 Å². The van der Waals surface area contributed by atoms with Crippen LogP contribution < -0.4 is 15.4 Å². The van der Waals surface area contributed by atoms with Gasteiger partial charge in [0.25, 0.3) is 0 Å². The fraction of sp³-hybridized carbons (Fsp3) is 0.276. The first kappa shape index (κ1) is 29.7. The number of aryl methyl sites for hydroxylation is 2. The maximum absolute atomic E-state index is 13.6. The summed E-state index contributed by atoms with van der Waals surface area (Å²) in [7, 11) is 1.68. The standard InChI is InChI=1S/C17H15F4N3O3.C12H13NO/c18-10-3-1-9(2-4-10)14-15(26)11(12-6-23-12)5-13(24-14)16(27,7-22-8-25)17(19,20)21;1-8-4-10-5-9(2)7-13-12(10)11(6-8)14-3/h1-5,8,12,23,26-27H,6-7H2,(H,22,25);4-7H,1-3H3/t12-,16-;/m0./s1. The Morgan fingerprint density at radius 2 is 1.78 bits per heavy atom. The van der Waals surface area contributed by atoms with Crippen molar-refractivity contribution in [2.24, 2.45) is 0 Å². The first-order valence-corrected chi connectivity index (χ1v) is 12.5. The summed E-state index contributed by atoms with van der Waals surface area (Å²) in [5.74, 6) is -0.0892. The molecular weight excluding hydrogens is 544 g/mol. The Bertz CT molecular complexity index is 1550. The highest BCUT2D eigenvalue weighted by molar-refractivity contribution is 5.85. The first-order chi connectivity index (χ1) is 19.4. The lowest BCUT2D eigenvalue weighted by atomic mass is 9.94. The number of nitrogens with one attached hydrogen (secondary N) is 2. The quantitative estimate of drug-likeness (QED) is 0.145. The summed E-state index contributed by atoms with van der Waals surface area (Å²) < 4.78 is 59.2. The minimum Gasteiger partial charge on any atom is -0.505 e. The van der Waals surface area contributed by atoms with Crippen LogP contribution in [0.25, 0.3) is 22.2 Å². The normalized spacial score (nSPS) is 15.9. The summed E-state index contributed by atoms with van der Waals surface area (Å²) in [5, 5.41) is 26.6. The Balaban J connectivity index is 0.000000231. The van der Waals surface area contributed by atoms with Crippen LogP contribution in [-0.2, 0) is 10.4 Å². The van der Waals surface area contributed by atoms with Gasteiger partial charge in [0.15, 0.2) is 0 Å². The van der Waals surface area contributed by atoms with E-state index in [1.165, 1.54) is 23.3 Å². The van der Waals surface area contributed by atoms with Gasteiger partial charge in [-0.25, -0.2) is 9.37 Å². The number of methoxy groups -OCH3 is 1. The second kappa shape index (κ2) is 11.7. The van der Waals surface area contributed by atoms with Crippen LogP contribution >= 0.6 is 0 Å². The zero-order valence-electron chi connectivity index (χ0n) is 22.4. The van der Waals surface area contributed by atoms with E-state index in [4.69, 9.17) is 4.74 Å². The van der Waals surface area contributed by atoms with Gasteiger partial charge in [-0.1, -0.05) is 0 Å². The smallest absolute Gasteiger partial charge is 0.424 e. The van der Waals surface area contributed by atoms with E-state index in [0.29, 0.717) is 6.54 Å². The third-order valence-corrected chi connectivity index (χ3v) is 6.51. The number of aromatic nitrogens is 2. The van der Waals surface area contributed by atoms with E-state index < -0.39 is 35.9 Å². The van der Waals surface area contributed by atoms with E-state index in [1.807, 2.05) is 24.5 Å². The zero-order chi connectivity index (χ0) is 29.9. The fourth-order valence-corrected chi connectivity index (χ4v) is 4.27. The molecule has 2 aromatic carbocycles. The molecule has 1 aliphatic rings. The number of aromatic hydroxyl groups is 1. The molecule has 4 N–H and O–H groups in total. The number of aliphatic hydroxyl groups is 1. The number of nitrogens with zero attached hydrogens (tertiary/aromatic N) is 2. The number of carbonyl (C=O) groups excluding carboxylic acids is 1. The zero-order valence-corrected chi connectivity index (χ0v) is 22.4. The molecule has 8 nitrogen and oxygen atoms in total. The van der Waals surface area contributed by atoms with Crippen molar-refractivity contribution >= 4 is 17.3 Å². The van der Waals surface area contributed by atoms with Crippen LogP contribution in [0.5, 0.6) is 11.5 Å². The second-order valence-electron chi connectivity index (χ2n) is 9.67. The SMILES string of the molecule is COc1cc(C)cc2cc(C)cnc12.O=CNC[C@](O)(c1cc([C@@H]2CN2)c(O)c(-c2ccc(F)cc2)n1)C(F)(F)F. The minimum atomic E-state index is -5.15. The van der Waals surface area contributed by atoms with Gasteiger partial charge in [-0.3, -0.25) is 9.78 Å². The van der Waals surface area contributed by atoms with Gasteiger partial charge in [0.05, 0.1) is 19.3 Å². The van der Waals surface area contributed by atoms with Crippen molar-refractivity contribution in [2.45, 2.75) is 31.7 Å². The number of rotatable bonds is 7. The molecule has 41 heavy (non-hydrogen) atoms. The number of benzene rings is 2. The lowest BCUT2D eigenvalue weighted by Crippen LogP contribution is -2.50. The Morgan fingerprint density at radius 1 is 1.12 bits per heavy atom. The largest absolute Gasteiger partial charge is 0.505 e. The van der Waals surface area contributed by atoms with E-state index in [0.717, 1.165) is 34.9 Å². The second-order valence-corrected chi connectivity index (χ2v) is 9.67. The molecule has 4 aromatic rings. The van der Waals surface area contributed by atoms with Crippen molar-refractivity contribution < 1.29 is 37.3 Å². The first-order valence-electron chi connectivity index (χ1n) is 12.5. The monoisotopic (exact) mass is 572 g/mol. The summed E-state index contributed by atoms with van der Waals surface area (Å²) in [6.07, 6.45) is -3.26. The highest BCUT2D eigenvalue weighted by Gasteiger charge is 2.56. The Hall–Kier alpha value is -4.29. The molecule has 0 spiro atoms. The van der Waals surface area contributed by atoms with Gasteiger partial charge in [0.1, 0.15) is 28.5 Å². The van der Waals surface area contributed by atoms with Gasteiger partial charge in [0.2, 0.25) is 12.0 Å². The van der Waals surface area contributed by atoms with Crippen LogP contribution in [0, 0.1) is 19.7 Å². The van der Waals surface area contributed by atoms with Gasteiger partial charge in [0, 0.05) is 35.3 Å². The molecule has 3 heterocycles. The van der Waals surface area contributed by atoms with E-state index in [9.17, 15) is 32.6 Å². The van der Waals surface area contributed by atoms with E-state index in [2.05, 4.69) is 34.3 Å². The molecule has 0 saturated carbocycles. The number of fused-ring (bicyclic) bond motifs is 1. The molecule has 12 heteroatoms. The molecule has 2 atom stereocenters. The summed E-state index contributed by atoms with van der Waals surface area (Å²) in [5.41, 5.74) is -0.899. The molecule has 2 aromatic heterocycles. The van der Waals surface area contributed by atoms with Crippen LogP contribution in [0.3, 0.4) is 0 Å². The van der Waals surface area contributed by atoms with E-state index in [1.54, 1.807) is 7.11 Å². The number of ether oxygens (including phenoxy) is 1. The van der Waals surface area contributed by atoms with Crippen LogP contribution in [0.4, 0.5) is 17.6 Å². The van der Waals surface area contributed by atoms with E-state index in [-0.39, 0.29) is 29.0 Å². The van der Waals surface area contributed by atoms with Crippen molar-refractivity contribution in [1.29, 1.82) is 0 Å². The van der Waals surface area contributed by atoms with Crippen LogP contribution in [0.2, 0.25) is 0 Å². The molecule has 5 rings (SSSR count). The number of amides is 1. The van der Waals surface area contributed by atoms with Crippen molar-refractivity contribution in [1.82, 2.24) is 20.6 Å². The molecule has 1 aliphatic heterocycles. The molecular formula is C29H28F4N4O4. The third kappa shape index (κ3) is 6.39. The molecule has 0 aliphatic carbocycles. The topological polar surface area (TPSA) is 127 Å². The predicted molar refractivity (Wildman–Crippen MR) is 144 cm³/mol. The minimum absolute atomic E-state index is 0.0291. The molecule has 0 bridgehead atoms. The molecule has 0 radical (unpaired) electrons. The maximum Gasteiger partial charge on any atom is 0.424 e. The fourth-order valence-electron chi connectivity index (χ4n) is 4.27. The summed E-state index contributed by atoms with van der Waals surface area (Å²) in [6, 6.07) is 11.4. The molecule has 1 saturated heterocycles. The molecule has 216 valence electrons. The van der Waals surface area contributed by atoms with Crippen molar-refractivity contribution in [3.05, 3.63) is 82.9 Å². The summed E-state index contributed by atoms with van der Waals surface area (Å²) in [4.78, 5) is 18.6. The lowest BCUT2D eigenvalue weighted by molar-refractivity contribution is -0.265. The van der Waals surface area contributed by atoms with Gasteiger partial charge in [-0.2, -0.15) is 13.2 Å². The molecule has 0 unspecified atom stereocenters. The molecule has 1 fully saturated rings. The van der Waals surface area contributed by atoms with Crippen molar-refractivity contribution in [3.8, 4) is 22.8 Å². The van der Waals surface area contributed by atoms with Gasteiger partial charge >= 0.3 is 6.18 Å². The number of hydrogen-bond acceptors (Lipinski definition) is 7. The molecule has 1 amide bonds. The number of alkyl halides is 3. The van der Waals surface area contributed by atoms with Gasteiger partial charge in [-0.15, -0.1) is 0 Å². The van der Waals surface area contributed by atoms with Crippen LogP contribution in [-0.4, -0.2) is 53.0 Å². The number of hydrogen-bond donors (Lipinski definition) is 4. The Kier molecular flexibility index (Phi) is 8.45. The van der Waals surface area contributed by atoms with Crippen molar-refractivity contribution in [3.63, 3.8) is 0 Å². The Labute approximate surface area is 233 Å². The summed E-state index contributed by atoms with van der Waals surface area (Å²) in [6.45, 7) is 3.38. The van der Waals surface area contributed by atoms with Gasteiger partial charge < -0.3 is 25.6 Å². The maximum atomic E-state index is 13.6. The Morgan fingerprint density at radius 3 is 2.37 bits per heavy atom. The van der Waals surface area contributed by atoms with Gasteiger partial charge in [-0.05, 0) is 73.5 Å². The number of pyridine rings is 2. The average Bonchev–Trinajstić information content (AvgIpc) is 3.77. The number of halogens is 4. The average molecular weight is 573 g/mol. The summed E-state index contributed by atoms with van der Waals surface area (Å²) >= 11 is 0. The third-order valence-electron chi connectivity index (χ3n) is 6.51. The highest BCUT2D eigenvalue weighted by Crippen LogP contribution is 2.43.